The molecule has 0 aliphatic carbocycles. The minimum atomic E-state index is -0.579. The summed E-state index contributed by atoms with van der Waals surface area (Å²) >= 11 is 3.09. The third-order valence-electron chi connectivity index (χ3n) is 3.79. The van der Waals surface area contributed by atoms with Gasteiger partial charge in [-0.1, -0.05) is 6.07 Å². The summed E-state index contributed by atoms with van der Waals surface area (Å²) in [5, 5.41) is 22.0. The van der Waals surface area contributed by atoms with Crippen LogP contribution in [0.25, 0.3) is 0 Å². The fraction of sp³-hybridized carbons (Fsp3) is 0.158. The first-order chi connectivity index (χ1) is 15.0. The Hall–Kier alpha value is -3.51. The van der Waals surface area contributed by atoms with Crippen molar-refractivity contribution in [2.75, 3.05) is 31.1 Å². The molecule has 1 heterocycles. The highest BCUT2D eigenvalue weighted by Gasteiger charge is 2.19. The SMILES string of the molecule is COc1cccc(OCC(=O)Nc2nonc2C(=NCO)Nc2ccc(F)c(Br)c2)c1. The third kappa shape index (κ3) is 5.99. The zero-order chi connectivity index (χ0) is 22.2. The highest BCUT2D eigenvalue weighted by Crippen LogP contribution is 2.22. The number of aliphatic hydroxyl groups excluding tert-OH is 1. The minimum Gasteiger partial charge on any atom is -0.497 e. The Labute approximate surface area is 184 Å². The Kier molecular flexibility index (Phi) is 7.51. The number of hydrogen-bond donors (Lipinski definition) is 3. The molecular weight excluding hydrogens is 477 g/mol. The molecule has 31 heavy (non-hydrogen) atoms. The van der Waals surface area contributed by atoms with Crippen LogP contribution in [0.4, 0.5) is 15.9 Å². The number of aliphatic hydroxyl groups is 1. The van der Waals surface area contributed by atoms with Crippen LogP contribution in [0, 0.1) is 5.82 Å². The van der Waals surface area contributed by atoms with Gasteiger partial charge in [0.15, 0.2) is 18.1 Å². The van der Waals surface area contributed by atoms with E-state index in [9.17, 15) is 14.3 Å². The van der Waals surface area contributed by atoms with Gasteiger partial charge in [-0.05, 0) is 56.6 Å². The lowest BCUT2D eigenvalue weighted by Crippen LogP contribution is -2.23. The van der Waals surface area contributed by atoms with Gasteiger partial charge in [-0.15, -0.1) is 0 Å². The van der Waals surface area contributed by atoms with Gasteiger partial charge in [0.25, 0.3) is 5.91 Å². The number of amides is 1. The topological polar surface area (TPSA) is 131 Å². The maximum Gasteiger partial charge on any atom is 0.263 e. The van der Waals surface area contributed by atoms with E-state index < -0.39 is 18.5 Å². The van der Waals surface area contributed by atoms with Crippen molar-refractivity contribution in [3.63, 3.8) is 0 Å². The maximum atomic E-state index is 13.5. The van der Waals surface area contributed by atoms with Gasteiger partial charge in [-0.2, -0.15) is 0 Å². The number of carbonyl (C=O) groups is 1. The predicted octanol–water partition coefficient (Wildman–Crippen LogP) is 2.81. The van der Waals surface area contributed by atoms with Crippen LogP contribution < -0.4 is 20.1 Å². The van der Waals surface area contributed by atoms with E-state index in [-0.39, 0.29) is 28.4 Å². The van der Waals surface area contributed by atoms with E-state index in [1.165, 1.54) is 25.3 Å². The first-order valence-corrected chi connectivity index (χ1v) is 9.56. The van der Waals surface area contributed by atoms with Crippen molar-refractivity contribution in [1.82, 2.24) is 10.3 Å². The summed E-state index contributed by atoms with van der Waals surface area (Å²) in [6.07, 6.45) is 0. The van der Waals surface area contributed by atoms with E-state index in [4.69, 9.17) is 14.1 Å². The lowest BCUT2D eigenvalue weighted by Gasteiger charge is -2.10. The van der Waals surface area contributed by atoms with Crippen LogP contribution in [-0.4, -0.2) is 47.6 Å². The number of carbonyl (C=O) groups excluding carboxylic acids is 1. The number of benzene rings is 2. The Balaban J connectivity index is 1.69. The highest BCUT2D eigenvalue weighted by atomic mass is 79.9. The molecule has 0 atom stereocenters. The number of amidine groups is 1. The average Bonchev–Trinajstić information content (AvgIpc) is 3.22. The van der Waals surface area contributed by atoms with Gasteiger partial charge in [0.05, 0.1) is 11.6 Å². The molecule has 0 unspecified atom stereocenters. The molecule has 0 radical (unpaired) electrons. The zero-order valence-electron chi connectivity index (χ0n) is 16.1. The van der Waals surface area contributed by atoms with Gasteiger partial charge in [0.1, 0.15) is 24.0 Å². The van der Waals surface area contributed by atoms with Crippen molar-refractivity contribution in [1.29, 1.82) is 0 Å². The quantitative estimate of drug-likeness (QED) is 0.322. The molecule has 0 saturated carbocycles. The number of anilines is 2. The van der Waals surface area contributed by atoms with Crippen molar-refractivity contribution in [3.8, 4) is 11.5 Å². The molecule has 10 nitrogen and oxygen atoms in total. The van der Waals surface area contributed by atoms with Crippen LogP contribution >= 0.6 is 15.9 Å². The molecule has 3 rings (SSSR count). The van der Waals surface area contributed by atoms with Gasteiger partial charge in [0.2, 0.25) is 5.82 Å². The molecule has 0 saturated heterocycles. The predicted molar refractivity (Wildman–Crippen MR) is 113 cm³/mol. The molecule has 3 aromatic rings. The number of hydrogen-bond acceptors (Lipinski definition) is 8. The lowest BCUT2D eigenvalue weighted by molar-refractivity contribution is -0.118. The number of rotatable bonds is 8. The van der Waals surface area contributed by atoms with Crippen LogP contribution in [0.3, 0.4) is 0 Å². The Morgan fingerprint density at radius 1 is 1.23 bits per heavy atom. The second-order valence-corrected chi connectivity index (χ2v) is 6.73. The fourth-order valence-corrected chi connectivity index (χ4v) is 2.77. The molecule has 0 spiro atoms. The normalized spacial score (nSPS) is 11.2. The number of ether oxygens (including phenoxy) is 2. The number of halogens is 2. The maximum absolute atomic E-state index is 13.5. The van der Waals surface area contributed by atoms with Crippen LogP contribution in [-0.2, 0) is 4.79 Å². The van der Waals surface area contributed by atoms with E-state index in [1.807, 2.05) is 0 Å². The smallest absolute Gasteiger partial charge is 0.263 e. The van der Waals surface area contributed by atoms with Crippen LogP contribution in [0.15, 0.2) is 56.6 Å². The first kappa shape index (κ1) is 22.2. The zero-order valence-corrected chi connectivity index (χ0v) is 17.7. The third-order valence-corrected chi connectivity index (χ3v) is 4.40. The molecule has 0 aliphatic heterocycles. The fourth-order valence-electron chi connectivity index (χ4n) is 2.39. The minimum absolute atomic E-state index is 0.0317. The largest absolute Gasteiger partial charge is 0.497 e. The number of methoxy groups -OCH3 is 1. The van der Waals surface area contributed by atoms with Gasteiger partial charge in [0, 0.05) is 11.8 Å². The first-order valence-electron chi connectivity index (χ1n) is 8.77. The summed E-state index contributed by atoms with van der Waals surface area (Å²) in [7, 11) is 1.52. The average molecular weight is 494 g/mol. The van der Waals surface area contributed by atoms with Gasteiger partial charge >= 0.3 is 0 Å². The molecule has 0 bridgehead atoms. The number of nitrogens with one attached hydrogen (secondary N) is 2. The monoisotopic (exact) mass is 493 g/mol. The summed E-state index contributed by atoms with van der Waals surface area (Å²) in [5.74, 6) is 0.0562. The molecule has 1 aromatic heterocycles. The summed E-state index contributed by atoms with van der Waals surface area (Å²) in [6.45, 7) is -0.895. The van der Waals surface area contributed by atoms with Crippen LogP contribution in [0.2, 0.25) is 0 Å². The Morgan fingerprint density at radius 2 is 2.03 bits per heavy atom. The van der Waals surface area contributed by atoms with E-state index >= 15 is 0 Å². The number of aromatic nitrogens is 2. The van der Waals surface area contributed by atoms with Crippen molar-refractivity contribution in [2.24, 2.45) is 4.99 Å². The standard InChI is InChI=1S/C19H17BrFN5O5/c1-29-12-3-2-4-13(8-12)30-9-16(28)24-19-17(25-31-26-19)18(22-10-27)23-11-5-6-15(21)14(20)7-11/h2-8,27H,9-10H2,1H3,(H,22,23)(H,24,26,28). The molecule has 0 aliphatic rings. The Morgan fingerprint density at radius 3 is 2.77 bits per heavy atom. The van der Waals surface area contributed by atoms with Crippen LogP contribution in [0.5, 0.6) is 11.5 Å². The second kappa shape index (κ2) is 10.5. The summed E-state index contributed by atoms with van der Waals surface area (Å²) in [4.78, 5) is 16.2. The summed E-state index contributed by atoms with van der Waals surface area (Å²) in [6, 6.07) is 10.9. The second-order valence-electron chi connectivity index (χ2n) is 5.88. The molecule has 2 aromatic carbocycles. The van der Waals surface area contributed by atoms with Crippen molar-refractivity contribution < 1.29 is 28.4 Å². The summed E-state index contributed by atoms with van der Waals surface area (Å²) < 4.78 is 28.9. The molecule has 12 heteroatoms. The molecule has 162 valence electrons. The van der Waals surface area contributed by atoms with Crippen molar-refractivity contribution >= 4 is 39.2 Å². The van der Waals surface area contributed by atoms with E-state index in [2.05, 4.69) is 41.9 Å². The van der Waals surface area contributed by atoms with E-state index in [0.717, 1.165) is 0 Å². The van der Waals surface area contributed by atoms with Gasteiger partial charge in [-0.3, -0.25) is 4.79 Å². The number of aliphatic imine (C=N–C) groups is 1. The summed E-state index contributed by atoms with van der Waals surface area (Å²) in [5.41, 5.74) is 0.478. The Bertz CT molecular complexity index is 1090. The van der Waals surface area contributed by atoms with Gasteiger partial charge in [-0.25, -0.2) is 14.0 Å². The van der Waals surface area contributed by atoms with Gasteiger partial charge < -0.3 is 25.2 Å². The van der Waals surface area contributed by atoms with E-state index in [1.54, 1.807) is 24.3 Å². The molecule has 3 N–H and O–H groups in total. The van der Waals surface area contributed by atoms with Crippen molar-refractivity contribution in [2.45, 2.75) is 0 Å². The highest BCUT2D eigenvalue weighted by molar-refractivity contribution is 9.10. The molecule has 1 amide bonds. The molecule has 0 fully saturated rings. The molecular formula is C19H17BrFN5O5. The van der Waals surface area contributed by atoms with Crippen molar-refractivity contribution in [3.05, 3.63) is 58.4 Å². The number of nitrogens with zero attached hydrogens (tertiary/aromatic N) is 3. The van der Waals surface area contributed by atoms with E-state index in [0.29, 0.717) is 17.2 Å². The van der Waals surface area contributed by atoms with Crippen LogP contribution in [0.1, 0.15) is 5.69 Å². The lowest BCUT2D eigenvalue weighted by atomic mass is 10.3.